The molecule has 2 amide bonds. The Hall–Kier alpha value is -1.91. The van der Waals surface area contributed by atoms with Crippen molar-refractivity contribution in [3.8, 4) is 0 Å². The van der Waals surface area contributed by atoms with Gasteiger partial charge in [0.1, 0.15) is 0 Å². The highest BCUT2D eigenvalue weighted by molar-refractivity contribution is 7.99. The van der Waals surface area contributed by atoms with Gasteiger partial charge < -0.3 is 9.88 Å². The Labute approximate surface area is 134 Å². The standard InChI is InChI=1S/C12H15N5O3S2/c1-2-17-9(6-13-11(19)8-4-3-5-21-8)14-15-12(17)22-7-10(18)16-20/h3-5,20H,2,6-7H2,1H3,(H,13,19)(H,16,18). The molecule has 0 saturated carbocycles. The SMILES string of the molecule is CCn1c(CNC(=O)c2cccs2)nnc1SCC(=O)NO. The summed E-state index contributed by atoms with van der Waals surface area (Å²) in [5, 5.41) is 21.7. The van der Waals surface area contributed by atoms with Crippen molar-refractivity contribution in [2.45, 2.75) is 25.2 Å². The molecular formula is C12H15N5O3S2. The van der Waals surface area contributed by atoms with E-state index in [1.165, 1.54) is 11.3 Å². The molecule has 118 valence electrons. The molecule has 0 aliphatic rings. The zero-order valence-corrected chi connectivity index (χ0v) is 13.4. The molecule has 8 nitrogen and oxygen atoms in total. The molecule has 0 aliphatic carbocycles. The van der Waals surface area contributed by atoms with E-state index < -0.39 is 5.91 Å². The van der Waals surface area contributed by atoms with Crippen molar-refractivity contribution in [2.75, 3.05) is 5.75 Å². The zero-order valence-electron chi connectivity index (χ0n) is 11.8. The van der Waals surface area contributed by atoms with E-state index in [2.05, 4.69) is 15.5 Å². The second kappa shape index (κ2) is 7.92. The third-order valence-corrected chi connectivity index (χ3v) is 4.55. The summed E-state index contributed by atoms with van der Waals surface area (Å²) >= 11 is 2.53. The van der Waals surface area contributed by atoms with Crippen LogP contribution < -0.4 is 10.8 Å². The molecule has 0 saturated heterocycles. The van der Waals surface area contributed by atoms with Gasteiger partial charge in [-0.15, -0.1) is 21.5 Å². The first-order chi connectivity index (χ1) is 10.7. The Morgan fingerprint density at radius 3 is 2.91 bits per heavy atom. The fraction of sp³-hybridized carbons (Fsp3) is 0.333. The summed E-state index contributed by atoms with van der Waals surface area (Å²) < 4.78 is 1.81. The van der Waals surface area contributed by atoms with E-state index in [1.807, 2.05) is 22.9 Å². The monoisotopic (exact) mass is 341 g/mol. The molecule has 3 N–H and O–H groups in total. The summed E-state index contributed by atoms with van der Waals surface area (Å²) in [5.41, 5.74) is 1.56. The van der Waals surface area contributed by atoms with Gasteiger partial charge >= 0.3 is 0 Å². The Morgan fingerprint density at radius 1 is 1.45 bits per heavy atom. The van der Waals surface area contributed by atoms with Crippen LogP contribution in [0.15, 0.2) is 22.7 Å². The van der Waals surface area contributed by atoms with Gasteiger partial charge in [-0.3, -0.25) is 14.8 Å². The maximum atomic E-state index is 11.9. The van der Waals surface area contributed by atoms with Crippen LogP contribution in [0.25, 0.3) is 0 Å². The van der Waals surface area contributed by atoms with Gasteiger partial charge in [0.15, 0.2) is 11.0 Å². The van der Waals surface area contributed by atoms with Crippen LogP contribution in [0, 0.1) is 0 Å². The van der Waals surface area contributed by atoms with Crippen LogP contribution in [-0.2, 0) is 17.9 Å². The highest BCUT2D eigenvalue weighted by atomic mass is 32.2. The summed E-state index contributed by atoms with van der Waals surface area (Å²) in [4.78, 5) is 23.6. The first kappa shape index (κ1) is 16.5. The molecular weight excluding hydrogens is 326 g/mol. The van der Waals surface area contributed by atoms with Gasteiger partial charge in [0, 0.05) is 6.54 Å². The zero-order chi connectivity index (χ0) is 15.9. The number of nitrogens with zero attached hydrogens (tertiary/aromatic N) is 3. The van der Waals surface area contributed by atoms with Gasteiger partial charge in [0.2, 0.25) is 0 Å². The van der Waals surface area contributed by atoms with Crippen molar-refractivity contribution in [2.24, 2.45) is 0 Å². The van der Waals surface area contributed by atoms with Crippen LogP contribution in [0.2, 0.25) is 0 Å². The minimum Gasteiger partial charge on any atom is -0.344 e. The lowest BCUT2D eigenvalue weighted by Crippen LogP contribution is -2.24. The average Bonchev–Trinajstić information content (AvgIpc) is 3.19. The van der Waals surface area contributed by atoms with Crippen LogP contribution in [0.4, 0.5) is 0 Å². The van der Waals surface area contributed by atoms with Gasteiger partial charge in [-0.2, -0.15) is 0 Å². The number of hydrogen-bond donors (Lipinski definition) is 3. The average molecular weight is 341 g/mol. The number of hydrogen-bond acceptors (Lipinski definition) is 7. The predicted octanol–water partition coefficient (Wildman–Crippen LogP) is 0.887. The number of carbonyl (C=O) groups excluding carboxylic acids is 2. The third-order valence-electron chi connectivity index (χ3n) is 2.72. The summed E-state index contributed by atoms with van der Waals surface area (Å²) in [6.07, 6.45) is 0. The van der Waals surface area contributed by atoms with Crippen LogP contribution in [0.3, 0.4) is 0 Å². The molecule has 0 spiro atoms. The minimum absolute atomic E-state index is 0.0379. The number of thiophene rings is 1. The van der Waals surface area contributed by atoms with E-state index in [0.717, 1.165) is 11.8 Å². The molecule has 22 heavy (non-hydrogen) atoms. The quantitative estimate of drug-likeness (QED) is 0.392. The summed E-state index contributed by atoms with van der Waals surface area (Å²) in [7, 11) is 0. The van der Waals surface area contributed by atoms with Crippen LogP contribution in [0.1, 0.15) is 22.4 Å². The van der Waals surface area contributed by atoms with Gasteiger partial charge in [-0.1, -0.05) is 17.8 Å². The van der Waals surface area contributed by atoms with E-state index in [1.54, 1.807) is 11.5 Å². The lowest BCUT2D eigenvalue weighted by Gasteiger charge is -2.07. The smallest absolute Gasteiger partial charge is 0.261 e. The summed E-state index contributed by atoms with van der Waals surface area (Å²) in [6, 6.07) is 3.56. The molecule has 0 aromatic carbocycles. The molecule has 0 bridgehead atoms. The van der Waals surface area contributed by atoms with Crippen molar-refractivity contribution >= 4 is 34.9 Å². The molecule has 0 atom stereocenters. The van der Waals surface area contributed by atoms with Gasteiger partial charge in [-0.25, -0.2) is 5.48 Å². The van der Waals surface area contributed by atoms with E-state index >= 15 is 0 Å². The number of nitrogens with one attached hydrogen (secondary N) is 2. The molecule has 0 radical (unpaired) electrons. The number of hydroxylamine groups is 1. The van der Waals surface area contributed by atoms with Crippen molar-refractivity contribution in [3.05, 3.63) is 28.2 Å². The summed E-state index contributed by atoms with van der Waals surface area (Å²) in [6.45, 7) is 2.79. The normalized spacial score (nSPS) is 10.5. The second-order valence-electron chi connectivity index (χ2n) is 4.13. The molecule has 2 rings (SSSR count). The van der Waals surface area contributed by atoms with Crippen LogP contribution in [-0.4, -0.2) is 37.5 Å². The van der Waals surface area contributed by atoms with E-state index in [-0.39, 0.29) is 18.2 Å². The predicted molar refractivity (Wildman–Crippen MR) is 81.8 cm³/mol. The van der Waals surface area contributed by atoms with Gasteiger partial charge in [-0.05, 0) is 18.4 Å². The Kier molecular flexibility index (Phi) is 5.92. The maximum absolute atomic E-state index is 11.9. The molecule has 2 aromatic rings. The van der Waals surface area contributed by atoms with E-state index in [0.29, 0.717) is 22.4 Å². The molecule has 0 aliphatic heterocycles. The molecule has 0 fully saturated rings. The number of rotatable bonds is 7. The first-order valence-corrected chi connectivity index (χ1v) is 8.31. The van der Waals surface area contributed by atoms with E-state index in [9.17, 15) is 9.59 Å². The lowest BCUT2D eigenvalue weighted by atomic mass is 10.4. The molecule has 10 heteroatoms. The molecule has 2 heterocycles. The number of thioether (sulfide) groups is 1. The Morgan fingerprint density at radius 2 is 2.27 bits per heavy atom. The summed E-state index contributed by atoms with van der Waals surface area (Å²) in [5.74, 6) is -0.0204. The fourth-order valence-corrected chi connectivity index (χ4v) is 3.14. The Balaban J connectivity index is 1.97. The van der Waals surface area contributed by atoms with Gasteiger partial charge in [0.05, 0.1) is 17.2 Å². The Bertz CT molecular complexity index is 641. The van der Waals surface area contributed by atoms with Crippen molar-refractivity contribution < 1.29 is 14.8 Å². The van der Waals surface area contributed by atoms with Crippen molar-refractivity contribution in [1.29, 1.82) is 0 Å². The molecule has 0 unspecified atom stereocenters. The first-order valence-electron chi connectivity index (χ1n) is 6.45. The fourth-order valence-electron chi connectivity index (χ4n) is 1.69. The molecule has 2 aromatic heterocycles. The van der Waals surface area contributed by atoms with Crippen molar-refractivity contribution in [1.82, 2.24) is 25.6 Å². The minimum atomic E-state index is -0.511. The highest BCUT2D eigenvalue weighted by Crippen LogP contribution is 2.17. The van der Waals surface area contributed by atoms with Crippen LogP contribution in [0.5, 0.6) is 0 Å². The van der Waals surface area contributed by atoms with Gasteiger partial charge in [0.25, 0.3) is 11.8 Å². The maximum Gasteiger partial charge on any atom is 0.261 e. The number of carbonyl (C=O) groups is 2. The number of aromatic nitrogens is 3. The van der Waals surface area contributed by atoms with Crippen LogP contribution >= 0.6 is 23.1 Å². The lowest BCUT2D eigenvalue weighted by molar-refractivity contribution is -0.126. The van der Waals surface area contributed by atoms with Crippen molar-refractivity contribution in [3.63, 3.8) is 0 Å². The largest absolute Gasteiger partial charge is 0.344 e. The number of amides is 2. The highest BCUT2D eigenvalue weighted by Gasteiger charge is 2.14. The third kappa shape index (κ3) is 4.06. The van der Waals surface area contributed by atoms with E-state index in [4.69, 9.17) is 5.21 Å². The topological polar surface area (TPSA) is 109 Å². The second-order valence-corrected chi connectivity index (χ2v) is 6.02.